The van der Waals surface area contributed by atoms with Crippen LogP contribution in [0.3, 0.4) is 0 Å². The van der Waals surface area contributed by atoms with Crippen molar-refractivity contribution < 1.29 is 0 Å². The summed E-state index contributed by atoms with van der Waals surface area (Å²) in [7, 11) is 0. The maximum absolute atomic E-state index is 6.22. The first-order valence-corrected chi connectivity index (χ1v) is 7.81. The molecule has 3 rings (SSSR count). The number of hydrogen-bond donors (Lipinski definition) is 1. The molecule has 0 radical (unpaired) electrons. The van der Waals surface area contributed by atoms with Crippen LogP contribution in [-0.2, 0) is 6.42 Å². The molecule has 1 saturated heterocycles. The van der Waals surface area contributed by atoms with Crippen LogP contribution in [0.5, 0.6) is 0 Å². The minimum absolute atomic E-state index is 0.372. The molecule has 0 aromatic carbocycles. The molecule has 4 nitrogen and oxygen atoms in total. The van der Waals surface area contributed by atoms with E-state index < -0.39 is 0 Å². The van der Waals surface area contributed by atoms with Crippen molar-refractivity contribution in [3.8, 4) is 0 Å². The summed E-state index contributed by atoms with van der Waals surface area (Å²) >= 11 is 0. The minimum atomic E-state index is 0.372. The molecule has 0 bridgehead atoms. The quantitative estimate of drug-likeness (QED) is 0.906. The van der Waals surface area contributed by atoms with Gasteiger partial charge in [-0.15, -0.1) is 0 Å². The van der Waals surface area contributed by atoms with E-state index in [-0.39, 0.29) is 0 Å². The van der Waals surface area contributed by atoms with E-state index in [1.807, 2.05) is 0 Å². The number of aryl methyl sites for hydroxylation is 1. The Hall–Kier alpha value is -1.03. The van der Waals surface area contributed by atoms with Gasteiger partial charge in [-0.2, -0.15) is 0 Å². The van der Waals surface area contributed by atoms with Gasteiger partial charge in [0.1, 0.15) is 0 Å². The molecule has 4 heteroatoms. The number of piperidine rings is 1. The van der Waals surface area contributed by atoms with Gasteiger partial charge in [-0.3, -0.25) is 0 Å². The fraction of sp³-hybridized carbons (Fsp3) is 0.800. The van der Waals surface area contributed by atoms with Crippen molar-refractivity contribution in [2.75, 3.05) is 18.0 Å². The van der Waals surface area contributed by atoms with Crippen LogP contribution in [0.2, 0.25) is 0 Å². The highest BCUT2D eigenvalue weighted by molar-refractivity contribution is 5.36. The van der Waals surface area contributed by atoms with E-state index in [1.54, 1.807) is 0 Å². The van der Waals surface area contributed by atoms with Crippen molar-refractivity contribution in [3.05, 3.63) is 11.9 Å². The van der Waals surface area contributed by atoms with E-state index in [0.29, 0.717) is 18.0 Å². The molecule has 2 aliphatic rings. The van der Waals surface area contributed by atoms with Crippen LogP contribution in [0.4, 0.5) is 5.95 Å². The highest BCUT2D eigenvalue weighted by atomic mass is 15.3. The molecule has 1 aliphatic carbocycles. The molecule has 1 aromatic rings. The molecule has 106 valence electrons. The number of nitrogens with zero attached hydrogens (tertiary/aromatic N) is 3. The van der Waals surface area contributed by atoms with Crippen LogP contribution < -0.4 is 10.6 Å². The average Bonchev–Trinajstić information content (AvgIpc) is 3.19. The second-order valence-corrected chi connectivity index (χ2v) is 6.09. The molecule has 1 aliphatic heterocycles. The normalized spacial score (nSPS) is 27.8. The van der Waals surface area contributed by atoms with Gasteiger partial charge in [0.05, 0.1) is 5.69 Å². The average molecular weight is 262 g/mol. The molecule has 19 heavy (non-hydrogen) atoms. The second-order valence-electron chi connectivity index (χ2n) is 6.09. The summed E-state index contributed by atoms with van der Waals surface area (Å²) in [6.07, 6.45) is 8.19. The van der Waals surface area contributed by atoms with Crippen molar-refractivity contribution in [1.82, 2.24) is 9.55 Å². The molecule has 1 saturated carbocycles. The van der Waals surface area contributed by atoms with Crippen LogP contribution in [0.15, 0.2) is 6.20 Å². The zero-order chi connectivity index (χ0) is 13.4. The Morgan fingerprint density at radius 1 is 1.32 bits per heavy atom. The van der Waals surface area contributed by atoms with Gasteiger partial charge in [-0.05, 0) is 31.6 Å². The van der Waals surface area contributed by atoms with Gasteiger partial charge in [0.15, 0.2) is 0 Å². The first-order valence-electron chi connectivity index (χ1n) is 7.81. The monoisotopic (exact) mass is 262 g/mol. The zero-order valence-electron chi connectivity index (χ0n) is 12.2. The van der Waals surface area contributed by atoms with Crippen LogP contribution in [0, 0.1) is 5.92 Å². The van der Waals surface area contributed by atoms with E-state index >= 15 is 0 Å². The van der Waals surface area contributed by atoms with Crippen molar-refractivity contribution in [2.45, 2.75) is 58.0 Å². The second kappa shape index (κ2) is 5.16. The predicted molar refractivity (Wildman–Crippen MR) is 78.5 cm³/mol. The SMILES string of the molecule is CCc1cn(C2CC2)c(N2CCC(N)C(CC)C2)n1. The molecule has 2 unspecified atom stereocenters. The molecule has 0 spiro atoms. The van der Waals surface area contributed by atoms with Crippen molar-refractivity contribution in [2.24, 2.45) is 11.7 Å². The molecular formula is C15H26N4. The fourth-order valence-electron chi connectivity index (χ4n) is 3.12. The first-order chi connectivity index (χ1) is 9.22. The summed E-state index contributed by atoms with van der Waals surface area (Å²) in [4.78, 5) is 7.32. The molecular weight excluding hydrogens is 236 g/mol. The largest absolute Gasteiger partial charge is 0.342 e. The summed E-state index contributed by atoms with van der Waals surface area (Å²) in [5.74, 6) is 1.81. The highest BCUT2D eigenvalue weighted by Crippen LogP contribution is 2.39. The lowest BCUT2D eigenvalue weighted by Crippen LogP contribution is -2.47. The van der Waals surface area contributed by atoms with E-state index in [0.717, 1.165) is 25.9 Å². The molecule has 0 amide bonds. The summed E-state index contributed by atoms with van der Waals surface area (Å²) in [6.45, 7) is 6.57. The predicted octanol–water partition coefficient (Wildman–Crippen LogP) is 2.34. The number of aromatic nitrogens is 2. The van der Waals surface area contributed by atoms with Crippen LogP contribution in [0.25, 0.3) is 0 Å². The third-order valence-corrected chi connectivity index (χ3v) is 4.67. The van der Waals surface area contributed by atoms with Crippen molar-refractivity contribution in [3.63, 3.8) is 0 Å². The number of rotatable bonds is 4. The number of anilines is 1. The van der Waals surface area contributed by atoms with E-state index in [2.05, 4.69) is 29.5 Å². The maximum atomic E-state index is 6.22. The number of hydrogen-bond acceptors (Lipinski definition) is 3. The third kappa shape index (κ3) is 2.50. The summed E-state index contributed by atoms with van der Waals surface area (Å²) in [6, 6.07) is 1.08. The lowest BCUT2D eigenvalue weighted by molar-refractivity contribution is 0.343. The van der Waals surface area contributed by atoms with Gasteiger partial charge in [0, 0.05) is 31.4 Å². The minimum Gasteiger partial charge on any atom is -0.342 e. The maximum Gasteiger partial charge on any atom is 0.205 e. The van der Waals surface area contributed by atoms with Gasteiger partial charge in [-0.25, -0.2) is 4.98 Å². The van der Waals surface area contributed by atoms with E-state index in [1.165, 1.54) is 30.9 Å². The summed E-state index contributed by atoms with van der Waals surface area (Å²) in [5.41, 5.74) is 7.44. The summed E-state index contributed by atoms with van der Waals surface area (Å²) < 4.78 is 2.42. The van der Waals surface area contributed by atoms with Crippen LogP contribution in [0.1, 0.15) is 51.3 Å². The van der Waals surface area contributed by atoms with Gasteiger partial charge in [0.2, 0.25) is 5.95 Å². The Labute approximate surface area is 116 Å². The Kier molecular flexibility index (Phi) is 3.52. The van der Waals surface area contributed by atoms with Gasteiger partial charge in [-0.1, -0.05) is 20.3 Å². The number of nitrogens with two attached hydrogens (primary N) is 1. The van der Waals surface area contributed by atoms with Gasteiger partial charge >= 0.3 is 0 Å². The molecule has 2 heterocycles. The molecule has 2 fully saturated rings. The lowest BCUT2D eigenvalue weighted by Gasteiger charge is -2.37. The molecule has 2 atom stereocenters. The van der Waals surface area contributed by atoms with Crippen molar-refractivity contribution >= 4 is 5.95 Å². The Balaban J connectivity index is 1.82. The Morgan fingerprint density at radius 3 is 2.74 bits per heavy atom. The Bertz CT molecular complexity index is 435. The van der Waals surface area contributed by atoms with Gasteiger partial charge < -0.3 is 15.2 Å². The first kappa shape index (κ1) is 13.0. The van der Waals surface area contributed by atoms with Crippen LogP contribution >= 0.6 is 0 Å². The van der Waals surface area contributed by atoms with E-state index in [4.69, 9.17) is 10.7 Å². The fourth-order valence-corrected chi connectivity index (χ4v) is 3.12. The molecule has 1 aromatic heterocycles. The van der Waals surface area contributed by atoms with Crippen molar-refractivity contribution in [1.29, 1.82) is 0 Å². The van der Waals surface area contributed by atoms with Crippen LogP contribution in [-0.4, -0.2) is 28.7 Å². The van der Waals surface area contributed by atoms with Gasteiger partial charge in [0.25, 0.3) is 0 Å². The van der Waals surface area contributed by atoms with E-state index in [9.17, 15) is 0 Å². The molecule has 2 N–H and O–H groups in total. The topological polar surface area (TPSA) is 47.1 Å². The zero-order valence-corrected chi connectivity index (χ0v) is 12.2. The lowest BCUT2D eigenvalue weighted by atomic mass is 9.91. The third-order valence-electron chi connectivity index (χ3n) is 4.67. The number of imidazole rings is 1. The standard InChI is InChI=1S/C15H26N4/c1-3-11-9-18(8-7-14(11)16)15-17-12(4-2)10-19(15)13-5-6-13/h10-11,13-14H,3-9,16H2,1-2H3. The smallest absolute Gasteiger partial charge is 0.205 e. The Morgan fingerprint density at radius 2 is 2.11 bits per heavy atom. The summed E-state index contributed by atoms with van der Waals surface area (Å²) in [5, 5.41) is 0. The highest BCUT2D eigenvalue weighted by Gasteiger charge is 2.32.